The second-order valence-corrected chi connectivity index (χ2v) is 5.31. The molecule has 104 valence electrons. The molecule has 0 aliphatic rings. The lowest BCUT2D eigenvalue weighted by Gasteiger charge is -2.31. The summed E-state index contributed by atoms with van der Waals surface area (Å²) in [6.45, 7) is 5.06. The highest BCUT2D eigenvalue weighted by atomic mass is 16.4. The molecule has 4 heteroatoms. The van der Waals surface area contributed by atoms with Crippen molar-refractivity contribution in [2.24, 2.45) is 0 Å². The topological polar surface area (TPSA) is 57.6 Å². The van der Waals surface area contributed by atoms with Crippen LogP contribution in [0.4, 0.5) is 0 Å². The molecule has 0 heterocycles. The quantitative estimate of drug-likeness (QED) is 0.886. The fourth-order valence-corrected chi connectivity index (χ4v) is 1.74. The van der Waals surface area contributed by atoms with Gasteiger partial charge in [0.15, 0.2) is 0 Å². The van der Waals surface area contributed by atoms with Crippen molar-refractivity contribution in [2.75, 3.05) is 7.05 Å². The van der Waals surface area contributed by atoms with E-state index in [4.69, 9.17) is 5.11 Å². The highest BCUT2D eigenvalue weighted by Crippen LogP contribution is 2.15. The molecule has 0 aliphatic carbocycles. The second-order valence-electron chi connectivity index (χ2n) is 5.31. The summed E-state index contributed by atoms with van der Waals surface area (Å²) < 4.78 is 0. The molecule has 0 radical (unpaired) electrons. The minimum atomic E-state index is -1.18. The molecule has 1 aromatic rings. The number of hydrogen-bond donors (Lipinski definition) is 1. The van der Waals surface area contributed by atoms with Gasteiger partial charge in [-0.05, 0) is 32.8 Å². The summed E-state index contributed by atoms with van der Waals surface area (Å²) in [5.41, 5.74) is 1.07. The van der Waals surface area contributed by atoms with Gasteiger partial charge in [-0.3, -0.25) is 4.79 Å². The Kier molecular flexibility index (Phi) is 4.70. The van der Waals surface area contributed by atoms with Crippen LogP contribution < -0.4 is 0 Å². The predicted octanol–water partition coefficient (Wildman–Crippen LogP) is 2.25. The first kappa shape index (κ1) is 15.2. The molecule has 0 bridgehead atoms. The summed E-state index contributed by atoms with van der Waals surface area (Å²) in [5, 5.41) is 9.09. The minimum Gasteiger partial charge on any atom is -0.480 e. The van der Waals surface area contributed by atoms with Gasteiger partial charge in [-0.2, -0.15) is 0 Å². The predicted molar refractivity (Wildman–Crippen MR) is 74.0 cm³/mol. The van der Waals surface area contributed by atoms with Gasteiger partial charge in [0.1, 0.15) is 5.54 Å². The van der Waals surface area contributed by atoms with E-state index in [9.17, 15) is 9.59 Å². The SMILES string of the molecule is Cc1cccc(CCC(=O)N(C)C(C)(C)C(=O)O)c1. The van der Waals surface area contributed by atoms with E-state index in [2.05, 4.69) is 0 Å². The Morgan fingerprint density at radius 1 is 1.32 bits per heavy atom. The smallest absolute Gasteiger partial charge is 0.329 e. The number of carboxylic acids is 1. The van der Waals surface area contributed by atoms with Gasteiger partial charge in [0, 0.05) is 13.5 Å². The molecule has 1 N–H and O–H groups in total. The number of amides is 1. The van der Waals surface area contributed by atoms with Crippen LogP contribution in [0.5, 0.6) is 0 Å². The van der Waals surface area contributed by atoms with E-state index < -0.39 is 11.5 Å². The maximum absolute atomic E-state index is 12.0. The van der Waals surface area contributed by atoms with E-state index >= 15 is 0 Å². The van der Waals surface area contributed by atoms with E-state index in [1.54, 1.807) is 0 Å². The number of carboxylic acid groups (broad SMARTS) is 1. The lowest BCUT2D eigenvalue weighted by molar-refractivity contribution is -0.155. The summed E-state index contributed by atoms with van der Waals surface area (Å²) in [7, 11) is 1.53. The summed E-state index contributed by atoms with van der Waals surface area (Å²) in [4.78, 5) is 24.4. The molecule has 0 aromatic heterocycles. The number of carbonyl (C=O) groups is 2. The Labute approximate surface area is 114 Å². The molecule has 0 spiro atoms. The number of aliphatic carboxylic acids is 1. The summed E-state index contributed by atoms with van der Waals surface area (Å²) in [5.74, 6) is -1.16. The second kappa shape index (κ2) is 5.87. The van der Waals surface area contributed by atoms with Crippen LogP contribution >= 0.6 is 0 Å². The number of carbonyl (C=O) groups excluding carboxylic acids is 1. The average molecular weight is 263 g/mol. The van der Waals surface area contributed by atoms with Crippen molar-refractivity contribution in [1.82, 2.24) is 4.90 Å². The molecule has 0 fully saturated rings. The zero-order valence-electron chi connectivity index (χ0n) is 11.9. The van der Waals surface area contributed by atoms with E-state index in [-0.39, 0.29) is 5.91 Å². The monoisotopic (exact) mass is 263 g/mol. The Morgan fingerprint density at radius 2 is 1.95 bits per heavy atom. The van der Waals surface area contributed by atoms with Crippen molar-refractivity contribution in [3.63, 3.8) is 0 Å². The molecule has 0 saturated carbocycles. The van der Waals surface area contributed by atoms with Crippen molar-refractivity contribution < 1.29 is 14.7 Å². The van der Waals surface area contributed by atoms with Gasteiger partial charge in [-0.25, -0.2) is 4.79 Å². The van der Waals surface area contributed by atoms with E-state index in [1.165, 1.54) is 25.8 Å². The Balaban J connectivity index is 2.63. The number of likely N-dealkylation sites (N-methyl/N-ethyl adjacent to an activating group) is 1. The number of rotatable bonds is 5. The molecule has 19 heavy (non-hydrogen) atoms. The molecule has 0 unspecified atom stereocenters. The van der Waals surface area contributed by atoms with Crippen molar-refractivity contribution >= 4 is 11.9 Å². The molecule has 0 saturated heterocycles. The largest absolute Gasteiger partial charge is 0.480 e. The number of aryl methyl sites for hydroxylation is 2. The molecule has 0 atom stereocenters. The number of hydrogen-bond acceptors (Lipinski definition) is 2. The van der Waals surface area contributed by atoms with Crippen LogP contribution in [0.15, 0.2) is 24.3 Å². The van der Waals surface area contributed by atoms with Gasteiger partial charge in [0.2, 0.25) is 5.91 Å². The zero-order valence-corrected chi connectivity index (χ0v) is 11.9. The molecule has 1 rings (SSSR count). The third-order valence-corrected chi connectivity index (χ3v) is 3.45. The zero-order chi connectivity index (χ0) is 14.6. The van der Waals surface area contributed by atoms with E-state index in [0.717, 1.165) is 11.1 Å². The van der Waals surface area contributed by atoms with Crippen molar-refractivity contribution in [3.05, 3.63) is 35.4 Å². The van der Waals surface area contributed by atoms with Crippen molar-refractivity contribution in [3.8, 4) is 0 Å². The maximum Gasteiger partial charge on any atom is 0.329 e. The summed E-state index contributed by atoms with van der Waals surface area (Å²) >= 11 is 0. The van der Waals surface area contributed by atoms with Crippen molar-refractivity contribution in [1.29, 1.82) is 0 Å². The van der Waals surface area contributed by atoms with Crippen LogP contribution in [0.3, 0.4) is 0 Å². The molecule has 1 amide bonds. The van der Waals surface area contributed by atoms with Crippen molar-refractivity contribution in [2.45, 2.75) is 39.2 Å². The lowest BCUT2D eigenvalue weighted by atomic mass is 10.0. The van der Waals surface area contributed by atoms with Crippen LogP contribution in [0.2, 0.25) is 0 Å². The fraction of sp³-hybridized carbons (Fsp3) is 0.467. The van der Waals surface area contributed by atoms with Crippen LogP contribution in [-0.4, -0.2) is 34.5 Å². The third kappa shape index (κ3) is 3.81. The maximum atomic E-state index is 12.0. The first-order valence-corrected chi connectivity index (χ1v) is 6.30. The minimum absolute atomic E-state index is 0.158. The fourth-order valence-electron chi connectivity index (χ4n) is 1.74. The molecule has 4 nitrogen and oxygen atoms in total. The summed E-state index contributed by atoms with van der Waals surface area (Å²) in [6.07, 6.45) is 0.942. The van der Waals surface area contributed by atoms with Gasteiger partial charge < -0.3 is 10.0 Å². The van der Waals surface area contributed by atoms with E-state index in [1.807, 2.05) is 31.2 Å². The van der Waals surface area contributed by atoms with Gasteiger partial charge in [-0.1, -0.05) is 29.8 Å². The van der Waals surface area contributed by atoms with Gasteiger partial charge >= 0.3 is 5.97 Å². The van der Waals surface area contributed by atoms with Gasteiger partial charge in [0.05, 0.1) is 0 Å². The standard InChI is InChI=1S/C15H21NO3/c1-11-6-5-7-12(10-11)8-9-13(17)16(4)15(2,3)14(18)19/h5-7,10H,8-9H2,1-4H3,(H,18,19). The lowest BCUT2D eigenvalue weighted by Crippen LogP contribution is -2.50. The highest BCUT2D eigenvalue weighted by Gasteiger charge is 2.34. The first-order chi connectivity index (χ1) is 8.75. The van der Waals surface area contributed by atoms with Crippen LogP contribution in [-0.2, 0) is 16.0 Å². The van der Waals surface area contributed by atoms with Gasteiger partial charge in [0.25, 0.3) is 0 Å². The molecule has 1 aromatic carbocycles. The Bertz CT molecular complexity index is 480. The first-order valence-electron chi connectivity index (χ1n) is 6.30. The van der Waals surface area contributed by atoms with Crippen LogP contribution in [0.1, 0.15) is 31.4 Å². The number of benzene rings is 1. The molecular weight excluding hydrogens is 242 g/mol. The average Bonchev–Trinajstić information content (AvgIpc) is 2.34. The highest BCUT2D eigenvalue weighted by molar-refractivity contribution is 5.86. The molecular formula is C15H21NO3. The third-order valence-electron chi connectivity index (χ3n) is 3.45. The number of nitrogens with zero attached hydrogens (tertiary/aromatic N) is 1. The van der Waals surface area contributed by atoms with E-state index in [0.29, 0.717) is 12.8 Å². The molecule has 0 aliphatic heterocycles. The normalized spacial score (nSPS) is 11.2. The van der Waals surface area contributed by atoms with Crippen LogP contribution in [0, 0.1) is 6.92 Å². The van der Waals surface area contributed by atoms with Crippen LogP contribution in [0.25, 0.3) is 0 Å². The Morgan fingerprint density at radius 3 is 2.47 bits per heavy atom. The Hall–Kier alpha value is -1.84. The summed E-state index contributed by atoms with van der Waals surface area (Å²) in [6, 6.07) is 7.98. The van der Waals surface area contributed by atoms with Gasteiger partial charge in [-0.15, -0.1) is 0 Å².